The summed E-state index contributed by atoms with van der Waals surface area (Å²) in [6.45, 7) is 2.31. The van der Waals surface area contributed by atoms with Gasteiger partial charge in [-0.3, -0.25) is 4.79 Å². The largest absolute Gasteiger partial charge is 0.417 e. The third-order valence-corrected chi connectivity index (χ3v) is 5.74. The molecule has 3 heterocycles. The van der Waals surface area contributed by atoms with E-state index in [-0.39, 0.29) is 24.7 Å². The van der Waals surface area contributed by atoms with Gasteiger partial charge in [-0.25, -0.2) is 15.0 Å². The van der Waals surface area contributed by atoms with E-state index in [2.05, 4.69) is 25.6 Å². The number of aromatic nitrogens is 3. The van der Waals surface area contributed by atoms with Crippen LogP contribution in [0.3, 0.4) is 0 Å². The molecule has 164 valence electrons. The van der Waals surface area contributed by atoms with Crippen LogP contribution < -0.4 is 10.6 Å². The zero-order valence-corrected chi connectivity index (χ0v) is 17.7. The minimum Gasteiger partial charge on any atom is -0.369 e. The Balaban J connectivity index is 1.44. The molecule has 0 unspecified atom stereocenters. The van der Waals surface area contributed by atoms with Crippen LogP contribution in [-0.4, -0.2) is 27.4 Å². The van der Waals surface area contributed by atoms with Crippen LogP contribution in [0.5, 0.6) is 0 Å². The number of amides is 1. The summed E-state index contributed by atoms with van der Waals surface area (Å²) in [6.07, 6.45) is -2.23. The maximum atomic E-state index is 12.6. The number of pyridine rings is 1. The molecule has 32 heavy (non-hydrogen) atoms. The standard InChI is InChI=1S/C22H18F3N5OS/c1-13-18(14-5-3-2-4-6-14)19-20(28-12-29-21(19)32-13)26-10-9-17(31)30-16-8-7-15(11-27-16)22(23,24)25/h2-8,11-12H,9-10H2,1H3,(H,26,28,29)(H,27,30,31). The van der Waals surface area contributed by atoms with Crippen molar-refractivity contribution in [1.82, 2.24) is 15.0 Å². The van der Waals surface area contributed by atoms with Crippen molar-refractivity contribution in [3.8, 4) is 11.1 Å². The Kier molecular flexibility index (Phi) is 6.04. The molecule has 0 aliphatic heterocycles. The maximum absolute atomic E-state index is 12.6. The molecule has 0 spiro atoms. The molecule has 3 aromatic heterocycles. The Bertz CT molecular complexity index is 1240. The third kappa shape index (κ3) is 4.70. The van der Waals surface area contributed by atoms with Gasteiger partial charge >= 0.3 is 6.18 Å². The minimum absolute atomic E-state index is 0.0623. The Morgan fingerprint density at radius 2 is 1.84 bits per heavy atom. The normalized spacial score (nSPS) is 11.5. The number of thiophene rings is 1. The van der Waals surface area contributed by atoms with Crippen molar-refractivity contribution >= 4 is 39.1 Å². The van der Waals surface area contributed by atoms with Crippen molar-refractivity contribution in [2.75, 3.05) is 17.2 Å². The van der Waals surface area contributed by atoms with Crippen molar-refractivity contribution in [3.05, 3.63) is 65.4 Å². The number of rotatable bonds is 6. The second kappa shape index (κ2) is 8.91. The molecule has 6 nitrogen and oxygen atoms in total. The van der Waals surface area contributed by atoms with E-state index in [0.29, 0.717) is 12.0 Å². The highest BCUT2D eigenvalue weighted by Gasteiger charge is 2.30. The molecule has 0 aliphatic carbocycles. The van der Waals surface area contributed by atoms with Gasteiger partial charge in [-0.1, -0.05) is 30.3 Å². The lowest BCUT2D eigenvalue weighted by atomic mass is 10.0. The van der Waals surface area contributed by atoms with Gasteiger partial charge in [-0.2, -0.15) is 13.2 Å². The van der Waals surface area contributed by atoms with E-state index in [9.17, 15) is 18.0 Å². The van der Waals surface area contributed by atoms with Crippen molar-refractivity contribution in [3.63, 3.8) is 0 Å². The van der Waals surface area contributed by atoms with E-state index in [1.54, 1.807) is 11.3 Å². The zero-order valence-electron chi connectivity index (χ0n) is 16.9. The summed E-state index contributed by atoms with van der Waals surface area (Å²) in [5, 5.41) is 6.57. The summed E-state index contributed by atoms with van der Waals surface area (Å²) >= 11 is 1.57. The Morgan fingerprint density at radius 3 is 2.53 bits per heavy atom. The monoisotopic (exact) mass is 457 g/mol. The fraction of sp³-hybridized carbons (Fsp3) is 0.182. The first kappa shape index (κ1) is 21.7. The number of anilines is 2. The molecule has 0 fully saturated rings. The summed E-state index contributed by atoms with van der Waals surface area (Å²) in [5.74, 6) is 0.311. The summed E-state index contributed by atoms with van der Waals surface area (Å²) < 4.78 is 37.8. The number of aryl methyl sites for hydroxylation is 1. The lowest BCUT2D eigenvalue weighted by molar-refractivity contribution is -0.137. The molecule has 0 bridgehead atoms. The lowest BCUT2D eigenvalue weighted by Crippen LogP contribution is -2.17. The number of carbonyl (C=O) groups excluding carboxylic acids is 1. The zero-order chi connectivity index (χ0) is 22.7. The smallest absolute Gasteiger partial charge is 0.369 e. The van der Waals surface area contributed by atoms with Gasteiger partial charge in [0.1, 0.15) is 22.8 Å². The predicted molar refractivity (Wildman–Crippen MR) is 119 cm³/mol. The van der Waals surface area contributed by atoms with Gasteiger partial charge in [0.15, 0.2) is 0 Å². The van der Waals surface area contributed by atoms with Crippen LogP contribution in [0.15, 0.2) is 55.0 Å². The fourth-order valence-corrected chi connectivity index (χ4v) is 4.28. The summed E-state index contributed by atoms with van der Waals surface area (Å²) in [4.78, 5) is 26.5. The summed E-state index contributed by atoms with van der Waals surface area (Å²) in [7, 11) is 0. The number of halogens is 3. The minimum atomic E-state index is -4.47. The van der Waals surface area contributed by atoms with Gasteiger partial charge in [0.2, 0.25) is 5.91 Å². The first-order valence-electron chi connectivity index (χ1n) is 9.69. The van der Waals surface area contributed by atoms with Crippen molar-refractivity contribution in [1.29, 1.82) is 0 Å². The van der Waals surface area contributed by atoms with E-state index in [1.165, 1.54) is 6.33 Å². The van der Waals surface area contributed by atoms with Gasteiger partial charge in [0, 0.05) is 29.6 Å². The average molecular weight is 457 g/mol. The summed E-state index contributed by atoms with van der Waals surface area (Å²) in [6, 6.07) is 11.9. The van der Waals surface area contributed by atoms with Crippen LogP contribution in [0, 0.1) is 6.92 Å². The van der Waals surface area contributed by atoms with Gasteiger partial charge in [-0.05, 0) is 24.6 Å². The number of carbonyl (C=O) groups is 1. The number of fused-ring (bicyclic) bond motifs is 1. The van der Waals surface area contributed by atoms with Crippen LogP contribution in [0.1, 0.15) is 16.9 Å². The molecular weight excluding hydrogens is 439 g/mol. The van der Waals surface area contributed by atoms with E-state index < -0.39 is 11.7 Å². The van der Waals surface area contributed by atoms with E-state index in [4.69, 9.17) is 0 Å². The fourth-order valence-electron chi connectivity index (χ4n) is 3.27. The molecule has 0 saturated carbocycles. The van der Waals surface area contributed by atoms with Gasteiger partial charge in [0.05, 0.1) is 10.9 Å². The van der Waals surface area contributed by atoms with E-state index in [1.807, 2.05) is 37.3 Å². The molecule has 0 aliphatic rings. The molecule has 0 radical (unpaired) electrons. The number of benzene rings is 1. The second-order valence-corrected chi connectivity index (χ2v) is 8.16. The number of nitrogens with one attached hydrogen (secondary N) is 2. The molecule has 2 N–H and O–H groups in total. The molecular formula is C22H18F3N5OS. The topological polar surface area (TPSA) is 79.8 Å². The van der Waals surface area contributed by atoms with Crippen molar-refractivity contribution < 1.29 is 18.0 Å². The van der Waals surface area contributed by atoms with E-state index in [0.717, 1.165) is 38.4 Å². The Morgan fingerprint density at radius 1 is 1.06 bits per heavy atom. The van der Waals surface area contributed by atoms with Crippen molar-refractivity contribution in [2.45, 2.75) is 19.5 Å². The van der Waals surface area contributed by atoms with Crippen LogP contribution in [0.4, 0.5) is 24.8 Å². The second-order valence-electron chi connectivity index (χ2n) is 6.96. The van der Waals surface area contributed by atoms with Crippen LogP contribution in [0.2, 0.25) is 0 Å². The molecule has 0 saturated heterocycles. The highest BCUT2D eigenvalue weighted by molar-refractivity contribution is 7.19. The van der Waals surface area contributed by atoms with E-state index >= 15 is 0 Å². The molecule has 1 amide bonds. The highest BCUT2D eigenvalue weighted by atomic mass is 32.1. The molecule has 0 atom stereocenters. The number of alkyl halides is 3. The molecule has 10 heteroatoms. The SMILES string of the molecule is Cc1sc2ncnc(NCCC(=O)Nc3ccc(C(F)(F)F)cn3)c2c1-c1ccccc1. The first-order chi connectivity index (χ1) is 15.3. The van der Waals surface area contributed by atoms with Crippen LogP contribution >= 0.6 is 11.3 Å². The number of nitrogens with zero attached hydrogens (tertiary/aromatic N) is 3. The highest BCUT2D eigenvalue weighted by Crippen LogP contribution is 2.40. The average Bonchev–Trinajstić information content (AvgIpc) is 3.10. The quantitative estimate of drug-likeness (QED) is 0.399. The molecule has 1 aromatic carbocycles. The van der Waals surface area contributed by atoms with Gasteiger partial charge in [0.25, 0.3) is 0 Å². The van der Waals surface area contributed by atoms with Gasteiger partial charge < -0.3 is 10.6 Å². The maximum Gasteiger partial charge on any atom is 0.417 e. The Hall–Kier alpha value is -3.53. The van der Waals surface area contributed by atoms with Crippen LogP contribution in [0.25, 0.3) is 21.3 Å². The number of hydrogen-bond acceptors (Lipinski definition) is 6. The van der Waals surface area contributed by atoms with Crippen molar-refractivity contribution in [2.24, 2.45) is 0 Å². The third-order valence-electron chi connectivity index (χ3n) is 4.73. The number of hydrogen-bond donors (Lipinski definition) is 2. The first-order valence-corrected chi connectivity index (χ1v) is 10.5. The summed E-state index contributed by atoms with van der Waals surface area (Å²) in [5.41, 5.74) is 1.23. The Labute approximate surface area is 185 Å². The lowest BCUT2D eigenvalue weighted by Gasteiger charge is -2.10. The van der Waals surface area contributed by atoms with Crippen LogP contribution in [-0.2, 0) is 11.0 Å². The predicted octanol–water partition coefficient (Wildman–Crippen LogP) is 5.52. The van der Waals surface area contributed by atoms with Gasteiger partial charge in [-0.15, -0.1) is 11.3 Å². The molecule has 4 rings (SSSR count). The molecule has 4 aromatic rings.